The van der Waals surface area contributed by atoms with Crippen molar-refractivity contribution in [3.8, 4) is 0 Å². The van der Waals surface area contributed by atoms with Crippen LogP contribution in [-0.2, 0) is 9.53 Å². The second-order valence-electron chi connectivity index (χ2n) is 4.62. The summed E-state index contributed by atoms with van der Waals surface area (Å²) in [6.45, 7) is 8.24. The SMILES string of the molecule is CCNC1(C(=O)OCC)CCN(C)C(C)C1. The number of carbonyl (C=O) groups excluding carboxylic acids is 1. The molecule has 94 valence electrons. The number of nitrogens with one attached hydrogen (secondary N) is 1. The van der Waals surface area contributed by atoms with E-state index < -0.39 is 5.54 Å². The van der Waals surface area contributed by atoms with Crippen LogP contribution >= 0.6 is 0 Å². The minimum atomic E-state index is -0.462. The Balaban J connectivity index is 2.76. The van der Waals surface area contributed by atoms with E-state index in [-0.39, 0.29) is 5.97 Å². The molecule has 1 saturated heterocycles. The van der Waals surface area contributed by atoms with Crippen molar-refractivity contribution in [3.05, 3.63) is 0 Å². The van der Waals surface area contributed by atoms with E-state index in [2.05, 4.69) is 24.2 Å². The maximum absolute atomic E-state index is 12.1. The van der Waals surface area contributed by atoms with Crippen molar-refractivity contribution in [1.82, 2.24) is 10.2 Å². The smallest absolute Gasteiger partial charge is 0.326 e. The highest BCUT2D eigenvalue weighted by atomic mass is 16.5. The molecule has 0 aromatic carbocycles. The van der Waals surface area contributed by atoms with Crippen LogP contribution in [-0.4, -0.2) is 49.2 Å². The van der Waals surface area contributed by atoms with Gasteiger partial charge in [0.05, 0.1) is 6.61 Å². The van der Waals surface area contributed by atoms with Crippen LogP contribution in [0.4, 0.5) is 0 Å². The number of esters is 1. The van der Waals surface area contributed by atoms with Crippen molar-refractivity contribution >= 4 is 5.97 Å². The van der Waals surface area contributed by atoms with Crippen LogP contribution in [0.5, 0.6) is 0 Å². The number of piperidine rings is 1. The normalized spacial score (nSPS) is 31.4. The minimum absolute atomic E-state index is 0.0863. The van der Waals surface area contributed by atoms with Crippen molar-refractivity contribution in [2.75, 3.05) is 26.7 Å². The Morgan fingerprint density at radius 2 is 2.25 bits per heavy atom. The lowest BCUT2D eigenvalue weighted by atomic mass is 9.83. The van der Waals surface area contributed by atoms with E-state index in [1.807, 2.05) is 13.8 Å². The minimum Gasteiger partial charge on any atom is -0.465 e. The van der Waals surface area contributed by atoms with E-state index in [0.29, 0.717) is 12.6 Å². The second-order valence-corrected chi connectivity index (χ2v) is 4.62. The summed E-state index contributed by atoms with van der Waals surface area (Å²) in [6.07, 6.45) is 1.66. The average molecular weight is 228 g/mol. The van der Waals surface area contributed by atoms with E-state index in [9.17, 15) is 4.79 Å². The second kappa shape index (κ2) is 5.64. The molecule has 2 atom stereocenters. The number of hydrogen-bond acceptors (Lipinski definition) is 4. The summed E-state index contributed by atoms with van der Waals surface area (Å²) in [5, 5.41) is 3.33. The van der Waals surface area contributed by atoms with Crippen LogP contribution in [0.25, 0.3) is 0 Å². The molecule has 1 rings (SSSR count). The lowest BCUT2D eigenvalue weighted by Gasteiger charge is -2.42. The maximum atomic E-state index is 12.1. The Bertz CT molecular complexity index is 245. The highest BCUT2D eigenvalue weighted by molar-refractivity contribution is 5.81. The number of rotatable bonds is 4. The summed E-state index contributed by atoms with van der Waals surface area (Å²) in [4.78, 5) is 14.3. The molecule has 1 heterocycles. The summed E-state index contributed by atoms with van der Waals surface area (Å²) >= 11 is 0. The first kappa shape index (κ1) is 13.5. The van der Waals surface area contributed by atoms with E-state index >= 15 is 0 Å². The number of carbonyl (C=O) groups is 1. The quantitative estimate of drug-likeness (QED) is 0.729. The van der Waals surface area contributed by atoms with Gasteiger partial charge in [0.2, 0.25) is 0 Å². The fourth-order valence-electron chi connectivity index (χ4n) is 2.38. The number of nitrogens with zero attached hydrogens (tertiary/aromatic N) is 1. The van der Waals surface area contributed by atoms with E-state index in [1.54, 1.807) is 0 Å². The highest BCUT2D eigenvalue weighted by Crippen LogP contribution is 2.27. The van der Waals surface area contributed by atoms with Crippen LogP contribution in [0.1, 0.15) is 33.6 Å². The average Bonchev–Trinajstić information content (AvgIpc) is 2.24. The molecular weight excluding hydrogens is 204 g/mol. The predicted octanol–water partition coefficient (Wildman–Crippen LogP) is 1.01. The molecule has 0 radical (unpaired) electrons. The lowest BCUT2D eigenvalue weighted by molar-refractivity contribution is -0.154. The molecule has 0 spiro atoms. The third-order valence-corrected chi connectivity index (χ3v) is 3.47. The summed E-state index contributed by atoms with van der Waals surface area (Å²) in [6, 6.07) is 0.414. The topological polar surface area (TPSA) is 41.6 Å². The molecule has 2 unspecified atom stereocenters. The summed E-state index contributed by atoms with van der Waals surface area (Å²) in [5.41, 5.74) is -0.462. The van der Waals surface area contributed by atoms with Gasteiger partial charge in [-0.2, -0.15) is 0 Å². The van der Waals surface area contributed by atoms with Crippen molar-refractivity contribution in [2.45, 2.75) is 45.2 Å². The molecule has 1 N–H and O–H groups in total. The lowest BCUT2D eigenvalue weighted by Crippen LogP contribution is -2.60. The summed E-state index contributed by atoms with van der Waals surface area (Å²) in [5.74, 6) is -0.0863. The number of ether oxygens (including phenoxy) is 1. The Labute approximate surface area is 98.3 Å². The predicted molar refractivity (Wildman–Crippen MR) is 64.4 cm³/mol. The molecule has 0 aromatic heterocycles. The molecule has 4 heteroatoms. The third kappa shape index (κ3) is 2.74. The first-order chi connectivity index (χ1) is 7.55. The van der Waals surface area contributed by atoms with Crippen LogP contribution < -0.4 is 5.32 Å². The van der Waals surface area contributed by atoms with Crippen molar-refractivity contribution in [1.29, 1.82) is 0 Å². The van der Waals surface area contributed by atoms with Gasteiger partial charge in [-0.05, 0) is 40.3 Å². The Hall–Kier alpha value is -0.610. The molecule has 4 nitrogen and oxygen atoms in total. The molecule has 0 aliphatic carbocycles. The van der Waals surface area contributed by atoms with Gasteiger partial charge in [-0.3, -0.25) is 4.79 Å². The van der Waals surface area contributed by atoms with E-state index in [4.69, 9.17) is 4.74 Å². The van der Waals surface area contributed by atoms with Crippen molar-refractivity contribution in [2.24, 2.45) is 0 Å². The van der Waals surface area contributed by atoms with Gasteiger partial charge in [-0.25, -0.2) is 0 Å². The van der Waals surface area contributed by atoms with Gasteiger partial charge in [0.25, 0.3) is 0 Å². The Morgan fingerprint density at radius 3 is 2.75 bits per heavy atom. The molecule has 0 bridgehead atoms. The number of likely N-dealkylation sites (tertiary alicyclic amines) is 1. The largest absolute Gasteiger partial charge is 0.465 e. The van der Waals surface area contributed by atoms with Gasteiger partial charge >= 0.3 is 5.97 Å². The zero-order valence-corrected chi connectivity index (χ0v) is 10.9. The fourth-order valence-corrected chi connectivity index (χ4v) is 2.38. The molecule has 1 fully saturated rings. The zero-order chi connectivity index (χ0) is 12.2. The molecule has 0 saturated carbocycles. The molecule has 16 heavy (non-hydrogen) atoms. The van der Waals surface area contributed by atoms with Crippen molar-refractivity contribution in [3.63, 3.8) is 0 Å². The van der Waals surface area contributed by atoms with E-state index in [0.717, 1.165) is 25.9 Å². The molecule has 1 aliphatic heterocycles. The van der Waals surface area contributed by atoms with Gasteiger partial charge in [-0.1, -0.05) is 6.92 Å². The highest BCUT2D eigenvalue weighted by Gasteiger charge is 2.43. The van der Waals surface area contributed by atoms with Crippen LogP contribution in [0.2, 0.25) is 0 Å². The van der Waals surface area contributed by atoms with Gasteiger partial charge in [0.15, 0.2) is 0 Å². The zero-order valence-electron chi connectivity index (χ0n) is 10.9. The molecule has 1 aliphatic rings. The van der Waals surface area contributed by atoms with Crippen LogP contribution in [0.3, 0.4) is 0 Å². The maximum Gasteiger partial charge on any atom is 0.326 e. The first-order valence-electron chi connectivity index (χ1n) is 6.18. The first-order valence-corrected chi connectivity index (χ1v) is 6.18. The standard InChI is InChI=1S/C12H24N2O2/c1-5-13-12(11(15)16-6-2)7-8-14(4)10(3)9-12/h10,13H,5-9H2,1-4H3. The van der Waals surface area contributed by atoms with Crippen LogP contribution in [0, 0.1) is 0 Å². The van der Waals surface area contributed by atoms with Gasteiger partial charge in [0.1, 0.15) is 5.54 Å². The fraction of sp³-hybridized carbons (Fsp3) is 0.917. The van der Waals surface area contributed by atoms with Gasteiger partial charge in [-0.15, -0.1) is 0 Å². The molecule has 0 aromatic rings. The third-order valence-electron chi connectivity index (χ3n) is 3.47. The Kier molecular flexibility index (Phi) is 4.74. The van der Waals surface area contributed by atoms with Gasteiger partial charge < -0.3 is 15.0 Å². The number of hydrogen-bond donors (Lipinski definition) is 1. The van der Waals surface area contributed by atoms with E-state index in [1.165, 1.54) is 0 Å². The summed E-state index contributed by atoms with van der Waals surface area (Å²) < 4.78 is 5.20. The van der Waals surface area contributed by atoms with Crippen molar-refractivity contribution < 1.29 is 9.53 Å². The monoisotopic (exact) mass is 228 g/mol. The Morgan fingerprint density at radius 1 is 1.56 bits per heavy atom. The van der Waals surface area contributed by atoms with Gasteiger partial charge in [0, 0.05) is 12.6 Å². The number of likely N-dealkylation sites (N-methyl/N-ethyl adjacent to an activating group) is 1. The molecular formula is C12H24N2O2. The van der Waals surface area contributed by atoms with Crippen LogP contribution in [0.15, 0.2) is 0 Å². The summed E-state index contributed by atoms with van der Waals surface area (Å²) in [7, 11) is 2.10. The molecule has 0 amide bonds.